The number of aromatic nitrogens is 1. The van der Waals surface area contributed by atoms with Gasteiger partial charge in [-0.05, 0) is 50.5 Å². The number of carbonyl (C=O) groups is 2. The van der Waals surface area contributed by atoms with Gasteiger partial charge in [-0.1, -0.05) is 12.1 Å². The normalized spacial score (nSPS) is 16.2. The number of nitrogens with zero attached hydrogens (tertiary/aromatic N) is 4. The number of aryl methyl sites for hydroxylation is 2. The van der Waals surface area contributed by atoms with Crippen molar-refractivity contribution in [1.29, 1.82) is 0 Å². The van der Waals surface area contributed by atoms with Gasteiger partial charge < -0.3 is 14.9 Å². The molecular weight excluding hydrogens is 449 g/mol. The second-order valence-corrected chi connectivity index (χ2v) is 8.51. The number of rotatable bonds is 7. The standard InChI is InChI=1S/C24H29F3N4O3/c1-15-7-5-8-18(22(15)29(3)11-6-12-32)30(4)23(34)19-9-10-21(33)31(19)20-14-17(24(25,26)27)13-16(2)28-20/h5,7-8,13-14,19,32H,6,9-12H2,1-4H3/t19-/m0/s1. The molecule has 0 radical (unpaired) electrons. The molecule has 184 valence electrons. The molecule has 2 heterocycles. The first kappa shape index (κ1) is 25.5. The van der Waals surface area contributed by atoms with Gasteiger partial charge in [0, 0.05) is 39.4 Å². The summed E-state index contributed by atoms with van der Waals surface area (Å²) in [7, 11) is 3.45. The molecule has 0 spiro atoms. The fraction of sp³-hybridized carbons (Fsp3) is 0.458. The zero-order valence-electron chi connectivity index (χ0n) is 19.7. The lowest BCUT2D eigenvalue weighted by Crippen LogP contribution is -2.46. The van der Waals surface area contributed by atoms with Gasteiger partial charge >= 0.3 is 6.18 Å². The predicted molar refractivity (Wildman–Crippen MR) is 124 cm³/mol. The van der Waals surface area contributed by atoms with Crippen LogP contribution in [-0.4, -0.2) is 55.2 Å². The van der Waals surface area contributed by atoms with E-state index in [4.69, 9.17) is 0 Å². The fourth-order valence-corrected chi connectivity index (χ4v) is 4.32. The van der Waals surface area contributed by atoms with Crippen LogP contribution in [0.3, 0.4) is 0 Å². The topological polar surface area (TPSA) is 77.0 Å². The van der Waals surface area contributed by atoms with Gasteiger partial charge in [0.2, 0.25) is 11.8 Å². The van der Waals surface area contributed by atoms with E-state index in [-0.39, 0.29) is 31.0 Å². The van der Waals surface area contributed by atoms with E-state index in [0.29, 0.717) is 18.7 Å². The second kappa shape index (κ2) is 10.0. The van der Waals surface area contributed by atoms with Gasteiger partial charge in [-0.25, -0.2) is 4.98 Å². The molecule has 1 aliphatic heterocycles. The highest BCUT2D eigenvalue weighted by Crippen LogP contribution is 2.36. The number of carbonyl (C=O) groups excluding carboxylic acids is 2. The summed E-state index contributed by atoms with van der Waals surface area (Å²) in [5, 5.41) is 9.19. The van der Waals surface area contributed by atoms with Crippen LogP contribution in [-0.2, 0) is 15.8 Å². The number of alkyl halides is 3. The average Bonchev–Trinajstić information content (AvgIpc) is 3.16. The summed E-state index contributed by atoms with van der Waals surface area (Å²) in [6.45, 7) is 3.93. The van der Waals surface area contributed by atoms with Gasteiger partial charge in [0.15, 0.2) is 0 Å². The quantitative estimate of drug-likeness (QED) is 0.657. The SMILES string of the molecule is Cc1cc(C(F)(F)F)cc(N2C(=O)CC[C@H]2C(=O)N(C)c2cccc(C)c2N(C)CCCO)n1. The molecule has 34 heavy (non-hydrogen) atoms. The Morgan fingerprint density at radius 2 is 1.94 bits per heavy atom. The van der Waals surface area contributed by atoms with Gasteiger partial charge in [0.1, 0.15) is 11.9 Å². The van der Waals surface area contributed by atoms with E-state index in [1.807, 2.05) is 31.0 Å². The molecule has 0 bridgehead atoms. The van der Waals surface area contributed by atoms with Crippen LogP contribution >= 0.6 is 0 Å². The third-order valence-electron chi connectivity index (χ3n) is 5.95. The summed E-state index contributed by atoms with van der Waals surface area (Å²) in [4.78, 5) is 34.8. The van der Waals surface area contributed by atoms with Crippen molar-refractivity contribution >= 4 is 29.0 Å². The van der Waals surface area contributed by atoms with Crippen LogP contribution in [0.15, 0.2) is 30.3 Å². The molecule has 1 aromatic carbocycles. The van der Waals surface area contributed by atoms with Crippen molar-refractivity contribution in [2.24, 2.45) is 0 Å². The molecule has 1 fully saturated rings. The monoisotopic (exact) mass is 478 g/mol. The van der Waals surface area contributed by atoms with Crippen molar-refractivity contribution in [2.75, 3.05) is 41.9 Å². The van der Waals surface area contributed by atoms with Crippen molar-refractivity contribution in [2.45, 2.75) is 45.3 Å². The second-order valence-electron chi connectivity index (χ2n) is 8.51. The third kappa shape index (κ3) is 5.16. The molecule has 3 rings (SSSR count). The van der Waals surface area contributed by atoms with Crippen molar-refractivity contribution in [1.82, 2.24) is 4.98 Å². The van der Waals surface area contributed by atoms with Crippen molar-refractivity contribution in [3.8, 4) is 0 Å². The van der Waals surface area contributed by atoms with Gasteiger partial charge in [-0.2, -0.15) is 13.2 Å². The summed E-state index contributed by atoms with van der Waals surface area (Å²) < 4.78 is 40.1. The summed E-state index contributed by atoms with van der Waals surface area (Å²) >= 11 is 0. The lowest BCUT2D eigenvalue weighted by Gasteiger charge is -2.32. The Bertz CT molecular complexity index is 1070. The average molecular weight is 479 g/mol. The molecule has 10 heteroatoms. The number of halogens is 3. The smallest absolute Gasteiger partial charge is 0.396 e. The molecule has 1 aromatic heterocycles. The summed E-state index contributed by atoms with van der Waals surface area (Å²) in [6.07, 6.45) is -3.83. The summed E-state index contributed by atoms with van der Waals surface area (Å²) in [6, 6.07) is 6.26. The van der Waals surface area contributed by atoms with E-state index < -0.39 is 29.6 Å². The molecule has 1 N–H and O–H groups in total. The Labute approximate surface area is 196 Å². The van der Waals surface area contributed by atoms with Gasteiger partial charge in [-0.15, -0.1) is 0 Å². The lowest BCUT2D eigenvalue weighted by molar-refractivity contribution is -0.137. The molecule has 2 aromatic rings. The largest absolute Gasteiger partial charge is 0.416 e. The van der Waals surface area contributed by atoms with E-state index in [9.17, 15) is 27.9 Å². The minimum Gasteiger partial charge on any atom is -0.396 e. The first-order valence-electron chi connectivity index (χ1n) is 11.0. The number of para-hydroxylation sites is 1. The minimum absolute atomic E-state index is 0.0306. The summed E-state index contributed by atoms with van der Waals surface area (Å²) in [5.41, 5.74) is 1.53. The van der Waals surface area contributed by atoms with E-state index in [1.165, 1.54) is 11.8 Å². The maximum absolute atomic E-state index is 13.6. The highest BCUT2D eigenvalue weighted by atomic mass is 19.4. The Hall–Kier alpha value is -3.14. The summed E-state index contributed by atoms with van der Waals surface area (Å²) in [5.74, 6) is -1.03. The van der Waals surface area contributed by atoms with Crippen molar-refractivity contribution < 1.29 is 27.9 Å². The maximum atomic E-state index is 13.6. The molecule has 1 aliphatic rings. The Kier molecular flexibility index (Phi) is 7.50. The van der Waals surface area contributed by atoms with Crippen molar-refractivity contribution in [3.63, 3.8) is 0 Å². The first-order chi connectivity index (χ1) is 16.0. The number of amides is 2. The number of anilines is 3. The van der Waals surface area contributed by atoms with Crippen LogP contribution < -0.4 is 14.7 Å². The van der Waals surface area contributed by atoms with Crippen LogP contribution in [0.25, 0.3) is 0 Å². The molecule has 1 atom stereocenters. The number of aliphatic hydroxyl groups excluding tert-OH is 1. The number of likely N-dealkylation sites (N-methyl/N-ethyl adjacent to an activating group) is 1. The molecular formula is C24H29F3N4O3. The Balaban J connectivity index is 1.97. The first-order valence-corrected chi connectivity index (χ1v) is 11.0. The number of hydrogen-bond acceptors (Lipinski definition) is 5. The highest BCUT2D eigenvalue weighted by Gasteiger charge is 2.41. The molecule has 0 saturated carbocycles. The van der Waals surface area contributed by atoms with Gasteiger partial charge in [0.25, 0.3) is 0 Å². The molecule has 7 nitrogen and oxygen atoms in total. The third-order valence-corrected chi connectivity index (χ3v) is 5.95. The van der Waals surface area contributed by atoms with Crippen LogP contribution in [0.1, 0.15) is 36.1 Å². The van der Waals surface area contributed by atoms with E-state index >= 15 is 0 Å². The predicted octanol–water partition coefficient (Wildman–Crippen LogP) is 3.69. The number of hydrogen-bond donors (Lipinski definition) is 1. The van der Waals surface area contributed by atoms with E-state index in [0.717, 1.165) is 28.3 Å². The van der Waals surface area contributed by atoms with Gasteiger partial charge in [0.05, 0.1) is 16.9 Å². The number of pyridine rings is 1. The minimum atomic E-state index is -4.60. The van der Waals surface area contributed by atoms with Crippen LogP contribution in [0.2, 0.25) is 0 Å². The lowest BCUT2D eigenvalue weighted by atomic mass is 10.1. The van der Waals surface area contributed by atoms with Crippen LogP contribution in [0.4, 0.5) is 30.4 Å². The van der Waals surface area contributed by atoms with Crippen LogP contribution in [0, 0.1) is 13.8 Å². The van der Waals surface area contributed by atoms with Gasteiger partial charge in [-0.3, -0.25) is 14.5 Å². The molecule has 0 aliphatic carbocycles. The highest BCUT2D eigenvalue weighted by molar-refractivity contribution is 6.09. The Morgan fingerprint density at radius 1 is 1.24 bits per heavy atom. The Morgan fingerprint density at radius 3 is 2.59 bits per heavy atom. The van der Waals surface area contributed by atoms with Crippen molar-refractivity contribution in [3.05, 3.63) is 47.2 Å². The number of benzene rings is 1. The van der Waals surface area contributed by atoms with Crippen LogP contribution in [0.5, 0.6) is 0 Å². The zero-order chi connectivity index (χ0) is 25.2. The number of aliphatic hydroxyl groups is 1. The fourth-order valence-electron chi connectivity index (χ4n) is 4.32. The molecule has 2 amide bonds. The molecule has 0 unspecified atom stereocenters. The molecule has 1 saturated heterocycles. The maximum Gasteiger partial charge on any atom is 0.416 e. The van der Waals surface area contributed by atoms with E-state index in [1.54, 1.807) is 13.1 Å². The van der Waals surface area contributed by atoms with E-state index in [2.05, 4.69) is 4.98 Å². The zero-order valence-corrected chi connectivity index (χ0v) is 19.7.